The third-order valence-electron chi connectivity index (χ3n) is 11.7. The number of benzene rings is 8. The number of fused-ring (bicyclic) bond motifs is 7. The van der Waals surface area contributed by atoms with E-state index in [9.17, 15) is 0 Å². The van der Waals surface area contributed by atoms with Crippen molar-refractivity contribution in [2.45, 2.75) is 0 Å². The Morgan fingerprint density at radius 1 is 0.305 bits per heavy atom. The first kappa shape index (κ1) is 33.2. The number of hydrogen-bond donors (Lipinski definition) is 0. The number of rotatable bonds is 6. The summed E-state index contributed by atoms with van der Waals surface area (Å²) in [6, 6.07) is 73.7. The summed E-state index contributed by atoms with van der Waals surface area (Å²) >= 11 is 0. The smallest absolute Gasteiger partial charge is 0.145 e. The summed E-state index contributed by atoms with van der Waals surface area (Å²) in [5.41, 5.74) is 15.0. The van der Waals surface area contributed by atoms with E-state index in [0.717, 1.165) is 61.9 Å². The molecule has 276 valence electrons. The Morgan fingerprint density at radius 3 is 1.29 bits per heavy atom. The van der Waals surface area contributed by atoms with Crippen molar-refractivity contribution in [3.63, 3.8) is 0 Å². The van der Waals surface area contributed by atoms with Crippen LogP contribution in [0.2, 0.25) is 0 Å². The van der Waals surface area contributed by atoms with Crippen LogP contribution in [-0.4, -0.2) is 23.7 Å². The van der Waals surface area contributed by atoms with E-state index in [4.69, 9.17) is 9.97 Å². The van der Waals surface area contributed by atoms with Gasteiger partial charge in [0.15, 0.2) is 0 Å². The standard InChI is InChI=1S/C54H35N5/c1-3-15-37(16-4-1)52-53-51(31-32-55-52)59(40-17-5-2-6-18-40)54(56-53)38-29-27-36(28-30-38)39-33-41(57-47-23-11-7-19-43(47)44-20-8-12-24-48(44)57)35-42(34-39)58-49-25-13-9-21-45(49)46-22-10-14-26-50(46)58/h1-35H. The zero-order valence-corrected chi connectivity index (χ0v) is 31.9. The lowest BCUT2D eigenvalue weighted by molar-refractivity contribution is 1.10. The van der Waals surface area contributed by atoms with Crippen LogP contribution in [0.5, 0.6) is 0 Å². The molecule has 12 rings (SSSR count). The minimum Gasteiger partial charge on any atom is -0.309 e. The van der Waals surface area contributed by atoms with Crippen LogP contribution in [0.25, 0.3) is 105 Å². The van der Waals surface area contributed by atoms with Gasteiger partial charge in [0.1, 0.15) is 11.3 Å². The highest BCUT2D eigenvalue weighted by atomic mass is 15.1. The minimum absolute atomic E-state index is 0.868. The van der Waals surface area contributed by atoms with Crippen molar-refractivity contribution >= 4 is 54.6 Å². The second kappa shape index (κ2) is 13.3. The predicted octanol–water partition coefficient (Wildman–Crippen LogP) is 13.6. The van der Waals surface area contributed by atoms with Gasteiger partial charge in [-0.2, -0.15) is 0 Å². The number of aromatic nitrogens is 5. The summed E-state index contributed by atoms with van der Waals surface area (Å²) in [7, 11) is 0. The maximum atomic E-state index is 5.34. The first-order valence-electron chi connectivity index (χ1n) is 20.0. The van der Waals surface area contributed by atoms with Crippen molar-refractivity contribution in [3.05, 3.63) is 212 Å². The number of imidazole rings is 1. The Morgan fingerprint density at radius 2 is 0.763 bits per heavy atom. The molecule has 0 amide bonds. The van der Waals surface area contributed by atoms with Crippen LogP contribution in [-0.2, 0) is 0 Å². The normalized spacial score (nSPS) is 11.7. The molecule has 0 aliphatic heterocycles. The van der Waals surface area contributed by atoms with Gasteiger partial charge in [0.2, 0.25) is 0 Å². The molecule has 4 heterocycles. The maximum absolute atomic E-state index is 5.34. The number of para-hydroxylation sites is 5. The Kier molecular flexibility index (Phi) is 7.47. The van der Waals surface area contributed by atoms with Gasteiger partial charge in [-0.25, -0.2) is 4.98 Å². The van der Waals surface area contributed by atoms with Crippen LogP contribution in [0.15, 0.2) is 212 Å². The van der Waals surface area contributed by atoms with Gasteiger partial charge in [-0.05, 0) is 71.8 Å². The Labute approximate surface area is 340 Å². The van der Waals surface area contributed by atoms with Gasteiger partial charge in [0, 0.05) is 55.9 Å². The Bertz CT molecular complexity index is 3300. The van der Waals surface area contributed by atoms with Crippen LogP contribution in [0.3, 0.4) is 0 Å². The summed E-state index contributed by atoms with van der Waals surface area (Å²) < 4.78 is 7.09. The average molecular weight is 754 g/mol. The van der Waals surface area contributed by atoms with E-state index in [0.29, 0.717) is 0 Å². The molecule has 5 nitrogen and oxygen atoms in total. The van der Waals surface area contributed by atoms with Gasteiger partial charge in [-0.15, -0.1) is 0 Å². The van der Waals surface area contributed by atoms with E-state index in [1.165, 1.54) is 43.6 Å². The van der Waals surface area contributed by atoms with Crippen molar-refractivity contribution in [1.29, 1.82) is 0 Å². The molecule has 0 unspecified atom stereocenters. The monoisotopic (exact) mass is 753 g/mol. The molecule has 5 heteroatoms. The predicted molar refractivity (Wildman–Crippen MR) is 244 cm³/mol. The minimum atomic E-state index is 0.868. The summed E-state index contributed by atoms with van der Waals surface area (Å²) in [5, 5.41) is 4.96. The number of hydrogen-bond acceptors (Lipinski definition) is 2. The molecule has 59 heavy (non-hydrogen) atoms. The SMILES string of the molecule is c1ccc(-c2nccc3c2nc(-c2ccc(-c4cc(-n5c6ccccc6c6ccccc65)cc(-n5c6ccccc6c6ccccc65)c4)cc2)n3-c2ccccc2)cc1. The van der Waals surface area contributed by atoms with Gasteiger partial charge >= 0.3 is 0 Å². The van der Waals surface area contributed by atoms with Crippen molar-refractivity contribution in [2.24, 2.45) is 0 Å². The zero-order valence-electron chi connectivity index (χ0n) is 31.9. The first-order chi connectivity index (χ1) is 29.3. The second-order valence-corrected chi connectivity index (χ2v) is 15.1. The van der Waals surface area contributed by atoms with E-state index in [2.05, 4.69) is 202 Å². The molecule has 0 N–H and O–H groups in total. The van der Waals surface area contributed by atoms with E-state index >= 15 is 0 Å². The fraction of sp³-hybridized carbons (Fsp3) is 0. The lowest BCUT2D eigenvalue weighted by Crippen LogP contribution is -2.00. The molecule has 0 radical (unpaired) electrons. The molecule has 0 saturated carbocycles. The van der Waals surface area contributed by atoms with E-state index in [1.54, 1.807) is 0 Å². The Hall–Kier alpha value is -8.02. The summed E-state index contributed by atoms with van der Waals surface area (Å²) in [5.74, 6) is 0.868. The number of nitrogens with zero attached hydrogens (tertiary/aromatic N) is 5. The van der Waals surface area contributed by atoms with Crippen LogP contribution < -0.4 is 0 Å². The lowest BCUT2D eigenvalue weighted by Gasteiger charge is -2.16. The molecule has 0 fully saturated rings. The largest absolute Gasteiger partial charge is 0.309 e. The highest BCUT2D eigenvalue weighted by molar-refractivity contribution is 6.10. The van der Waals surface area contributed by atoms with E-state index in [1.807, 2.05) is 24.4 Å². The van der Waals surface area contributed by atoms with Gasteiger partial charge in [-0.1, -0.05) is 146 Å². The molecule has 0 aliphatic rings. The summed E-state index contributed by atoms with van der Waals surface area (Å²) in [6.45, 7) is 0. The fourth-order valence-electron chi connectivity index (χ4n) is 9.08. The summed E-state index contributed by atoms with van der Waals surface area (Å²) in [4.78, 5) is 10.2. The fourth-order valence-corrected chi connectivity index (χ4v) is 9.08. The average Bonchev–Trinajstić information content (AvgIpc) is 3.98. The van der Waals surface area contributed by atoms with Gasteiger partial charge < -0.3 is 9.13 Å². The lowest BCUT2D eigenvalue weighted by atomic mass is 10.0. The molecule has 0 atom stereocenters. The highest BCUT2D eigenvalue weighted by Gasteiger charge is 2.20. The summed E-state index contributed by atoms with van der Waals surface area (Å²) in [6.07, 6.45) is 1.89. The van der Waals surface area contributed by atoms with Gasteiger partial charge in [0.05, 0.1) is 33.3 Å². The van der Waals surface area contributed by atoms with Crippen molar-refractivity contribution in [1.82, 2.24) is 23.7 Å². The van der Waals surface area contributed by atoms with Gasteiger partial charge in [-0.3, -0.25) is 9.55 Å². The van der Waals surface area contributed by atoms with Crippen LogP contribution >= 0.6 is 0 Å². The van der Waals surface area contributed by atoms with Crippen molar-refractivity contribution in [3.8, 4) is 50.8 Å². The van der Waals surface area contributed by atoms with Crippen molar-refractivity contribution < 1.29 is 0 Å². The van der Waals surface area contributed by atoms with Gasteiger partial charge in [0.25, 0.3) is 0 Å². The molecular weight excluding hydrogens is 719 g/mol. The van der Waals surface area contributed by atoms with Crippen LogP contribution in [0.1, 0.15) is 0 Å². The van der Waals surface area contributed by atoms with Crippen LogP contribution in [0, 0.1) is 0 Å². The Balaban J connectivity index is 1.08. The third-order valence-corrected chi connectivity index (χ3v) is 11.7. The first-order valence-corrected chi connectivity index (χ1v) is 20.0. The number of pyridine rings is 1. The zero-order chi connectivity index (χ0) is 38.9. The molecule has 0 aliphatic carbocycles. The maximum Gasteiger partial charge on any atom is 0.145 e. The molecular formula is C54H35N5. The molecule has 0 bridgehead atoms. The topological polar surface area (TPSA) is 40.6 Å². The highest BCUT2D eigenvalue weighted by Crippen LogP contribution is 2.39. The van der Waals surface area contributed by atoms with E-state index < -0.39 is 0 Å². The molecule has 4 aromatic heterocycles. The molecule has 0 saturated heterocycles. The van der Waals surface area contributed by atoms with Crippen molar-refractivity contribution in [2.75, 3.05) is 0 Å². The van der Waals surface area contributed by atoms with E-state index in [-0.39, 0.29) is 0 Å². The third kappa shape index (κ3) is 5.25. The molecule has 8 aromatic carbocycles. The molecule has 0 spiro atoms. The molecule has 12 aromatic rings. The quantitative estimate of drug-likeness (QED) is 0.170. The second-order valence-electron chi connectivity index (χ2n) is 15.1. The van der Waals surface area contributed by atoms with Crippen LogP contribution in [0.4, 0.5) is 0 Å².